The zero-order valence-corrected chi connectivity index (χ0v) is 11.1. The van der Waals surface area contributed by atoms with Crippen molar-refractivity contribution in [2.45, 2.75) is 57.7 Å². The Bertz CT molecular complexity index is 294. The summed E-state index contributed by atoms with van der Waals surface area (Å²) in [4.78, 5) is 13.7. The van der Waals surface area contributed by atoms with Crippen molar-refractivity contribution in [3.8, 4) is 0 Å². The summed E-state index contributed by atoms with van der Waals surface area (Å²) in [6, 6.07) is 0.191. The Morgan fingerprint density at radius 3 is 2.50 bits per heavy atom. The number of likely N-dealkylation sites (tertiary alicyclic amines) is 1. The maximum Gasteiger partial charge on any atom is 0.243 e. The lowest BCUT2D eigenvalue weighted by Gasteiger charge is -2.55. The SMILES string of the molecule is C=CC(=O)NC1CCC(C)(C)N(C)C1(C)C. The number of rotatable bonds is 2. The predicted molar refractivity (Wildman–Crippen MR) is 67.3 cm³/mol. The molecule has 0 saturated carbocycles. The number of amides is 1. The second kappa shape index (κ2) is 4.21. The summed E-state index contributed by atoms with van der Waals surface area (Å²) in [6.45, 7) is 12.4. The zero-order chi connectivity index (χ0) is 12.6. The average molecular weight is 224 g/mol. The average Bonchev–Trinajstić information content (AvgIpc) is 2.20. The number of carbonyl (C=O) groups excluding carboxylic acids is 1. The molecule has 1 amide bonds. The van der Waals surface area contributed by atoms with Crippen LogP contribution in [-0.4, -0.2) is 35.0 Å². The molecule has 1 fully saturated rings. The van der Waals surface area contributed by atoms with Gasteiger partial charge in [-0.25, -0.2) is 0 Å². The van der Waals surface area contributed by atoms with Gasteiger partial charge in [-0.05, 0) is 53.7 Å². The molecule has 0 spiro atoms. The van der Waals surface area contributed by atoms with Gasteiger partial charge in [0.2, 0.25) is 5.91 Å². The third kappa shape index (κ3) is 2.29. The van der Waals surface area contributed by atoms with Gasteiger partial charge in [0.05, 0.1) is 0 Å². The standard InChI is InChI=1S/C13H24N2O/c1-7-11(16)14-10-8-9-12(2,3)15(6)13(10,4)5/h7,10H,1,8-9H2,2-6H3,(H,14,16). The van der Waals surface area contributed by atoms with E-state index in [1.54, 1.807) is 0 Å². The number of likely N-dealkylation sites (N-methyl/N-ethyl adjacent to an activating group) is 1. The van der Waals surface area contributed by atoms with Gasteiger partial charge in [-0.15, -0.1) is 0 Å². The second-order valence-electron chi connectivity index (χ2n) is 5.83. The van der Waals surface area contributed by atoms with Crippen molar-refractivity contribution in [2.75, 3.05) is 7.05 Å². The van der Waals surface area contributed by atoms with E-state index in [0.717, 1.165) is 12.8 Å². The Kier molecular flexibility index (Phi) is 3.48. The predicted octanol–water partition coefficient (Wildman–Crippen LogP) is 1.94. The molecule has 16 heavy (non-hydrogen) atoms. The fourth-order valence-electron chi connectivity index (χ4n) is 2.51. The van der Waals surface area contributed by atoms with E-state index in [4.69, 9.17) is 0 Å². The molecule has 1 N–H and O–H groups in total. The van der Waals surface area contributed by atoms with E-state index >= 15 is 0 Å². The molecule has 1 saturated heterocycles. The highest BCUT2D eigenvalue weighted by Gasteiger charge is 2.45. The Hall–Kier alpha value is -0.830. The minimum Gasteiger partial charge on any atom is -0.348 e. The van der Waals surface area contributed by atoms with Crippen molar-refractivity contribution in [3.63, 3.8) is 0 Å². The number of carbonyl (C=O) groups is 1. The van der Waals surface area contributed by atoms with E-state index in [1.807, 2.05) is 0 Å². The Balaban J connectivity index is 2.83. The van der Waals surface area contributed by atoms with Crippen molar-refractivity contribution < 1.29 is 4.79 Å². The van der Waals surface area contributed by atoms with Crippen LogP contribution < -0.4 is 5.32 Å². The van der Waals surface area contributed by atoms with Gasteiger partial charge in [-0.1, -0.05) is 6.58 Å². The number of piperidine rings is 1. The molecular weight excluding hydrogens is 200 g/mol. The number of nitrogens with zero attached hydrogens (tertiary/aromatic N) is 1. The fourth-order valence-corrected chi connectivity index (χ4v) is 2.51. The molecule has 1 heterocycles. The lowest BCUT2D eigenvalue weighted by molar-refractivity contribution is -0.120. The number of hydrogen-bond acceptors (Lipinski definition) is 2. The van der Waals surface area contributed by atoms with E-state index in [2.05, 4.69) is 51.5 Å². The molecule has 3 heteroatoms. The smallest absolute Gasteiger partial charge is 0.243 e. The van der Waals surface area contributed by atoms with E-state index in [0.29, 0.717) is 0 Å². The van der Waals surface area contributed by atoms with Crippen molar-refractivity contribution in [1.82, 2.24) is 10.2 Å². The van der Waals surface area contributed by atoms with E-state index < -0.39 is 0 Å². The number of hydrogen-bond donors (Lipinski definition) is 1. The summed E-state index contributed by atoms with van der Waals surface area (Å²) >= 11 is 0. The van der Waals surface area contributed by atoms with Crippen molar-refractivity contribution in [1.29, 1.82) is 0 Å². The van der Waals surface area contributed by atoms with Gasteiger partial charge in [0.25, 0.3) is 0 Å². The fraction of sp³-hybridized carbons (Fsp3) is 0.769. The zero-order valence-electron chi connectivity index (χ0n) is 11.1. The molecule has 1 rings (SSSR count). The Labute approximate surface area is 98.9 Å². The van der Waals surface area contributed by atoms with E-state index in [-0.39, 0.29) is 23.0 Å². The van der Waals surface area contributed by atoms with Gasteiger partial charge in [-0.2, -0.15) is 0 Å². The van der Waals surface area contributed by atoms with Gasteiger partial charge < -0.3 is 5.32 Å². The maximum atomic E-state index is 11.4. The van der Waals surface area contributed by atoms with Crippen LogP contribution in [0.2, 0.25) is 0 Å². The van der Waals surface area contributed by atoms with Crippen LogP contribution in [0.15, 0.2) is 12.7 Å². The Morgan fingerprint density at radius 1 is 1.44 bits per heavy atom. The lowest BCUT2D eigenvalue weighted by Crippen LogP contribution is -2.66. The molecule has 0 aromatic rings. The summed E-state index contributed by atoms with van der Waals surface area (Å²) in [5.74, 6) is -0.0776. The van der Waals surface area contributed by atoms with Crippen LogP contribution in [0.4, 0.5) is 0 Å². The van der Waals surface area contributed by atoms with E-state index in [9.17, 15) is 4.79 Å². The summed E-state index contributed by atoms with van der Waals surface area (Å²) in [5.41, 5.74) is 0.166. The highest BCUT2D eigenvalue weighted by molar-refractivity contribution is 5.87. The second-order valence-corrected chi connectivity index (χ2v) is 5.83. The van der Waals surface area contributed by atoms with Crippen LogP contribution in [-0.2, 0) is 4.79 Å². The highest BCUT2D eigenvalue weighted by Crippen LogP contribution is 2.36. The molecule has 0 aliphatic carbocycles. The first kappa shape index (κ1) is 13.2. The van der Waals surface area contributed by atoms with Crippen LogP contribution in [0.1, 0.15) is 40.5 Å². The van der Waals surface area contributed by atoms with Crippen molar-refractivity contribution in [3.05, 3.63) is 12.7 Å². The topological polar surface area (TPSA) is 32.3 Å². The van der Waals surface area contributed by atoms with Gasteiger partial charge in [0, 0.05) is 17.1 Å². The molecule has 0 bridgehead atoms. The molecule has 1 aliphatic heterocycles. The first-order chi connectivity index (χ1) is 7.21. The summed E-state index contributed by atoms with van der Waals surface area (Å²) in [7, 11) is 2.13. The van der Waals surface area contributed by atoms with Crippen LogP contribution in [0.25, 0.3) is 0 Å². The van der Waals surface area contributed by atoms with Crippen LogP contribution in [0, 0.1) is 0 Å². The molecule has 92 valence electrons. The lowest BCUT2D eigenvalue weighted by atomic mass is 9.77. The van der Waals surface area contributed by atoms with Crippen LogP contribution in [0.3, 0.4) is 0 Å². The minimum absolute atomic E-state index is 0.0274. The van der Waals surface area contributed by atoms with Crippen molar-refractivity contribution in [2.24, 2.45) is 0 Å². The van der Waals surface area contributed by atoms with Gasteiger partial charge in [-0.3, -0.25) is 9.69 Å². The Morgan fingerprint density at radius 2 is 2.00 bits per heavy atom. The van der Waals surface area contributed by atoms with E-state index in [1.165, 1.54) is 6.08 Å². The first-order valence-corrected chi connectivity index (χ1v) is 5.88. The normalized spacial score (nSPS) is 28.4. The first-order valence-electron chi connectivity index (χ1n) is 5.88. The summed E-state index contributed by atoms with van der Waals surface area (Å²) < 4.78 is 0. The van der Waals surface area contributed by atoms with Gasteiger partial charge in [0.15, 0.2) is 0 Å². The van der Waals surface area contributed by atoms with Crippen molar-refractivity contribution >= 4 is 5.91 Å². The largest absolute Gasteiger partial charge is 0.348 e. The quantitative estimate of drug-likeness (QED) is 0.727. The molecule has 1 atom stereocenters. The minimum atomic E-state index is -0.0776. The molecule has 1 aliphatic rings. The molecule has 1 unspecified atom stereocenters. The summed E-state index contributed by atoms with van der Waals surface area (Å²) in [5, 5.41) is 3.03. The molecule has 0 radical (unpaired) electrons. The number of nitrogens with one attached hydrogen (secondary N) is 1. The maximum absolute atomic E-state index is 11.4. The van der Waals surface area contributed by atoms with Crippen LogP contribution in [0.5, 0.6) is 0 Å². The third-order valence-corrected chi connectivity index (χ3v) is 4.17. The van der Waals surface area contributed by atoms with Gasteiger partial charge >= 0.3 is 0 Å². The van der Waals surface area contributed by atoms with Crippen LogP contribution >= 0.6 is 0 Å². The third-order valence-electron chi connectivity index (χ3n) is 4.17. The molecule has 0 aromatic heterocycles. The molecule has 3 nitrogen and oxygen atoms in total. The summed E-state index contributed by atoms with van der Waals surface area (Å²) in [6.07, 6.45) is 3.45. The van der Waals surface area contributed by atoms with Gasteiger partial charge in [0.1, 0.15) is 0 Å². The molecular formula is C13H24N2O. The monoisotopic (exact) mass is 224 g/mol. The molecule has 0 aromatic carbocycles. The highest BCUT2D eigenvalue weighted by atomic mass is 16.1.